The third-order valence-electron chi connectivity index (χ3n) is 3.41. The Morgan fingerprint density at radius 2 is 1.76 bits per heavy atom. The molecule has 0 saturated carbocycles. The standard InChI is InChI=1S/C14H13Cl2FN4/c15-10-8-9(4-5-11(10)17)12-18-13(16)20-14(19-12)21-6-2-1-3-7-21/h4-5,8H,1-3,6-7H2. The maximum atomic E-state index is 13.2. The molecule has 0 amide bonds. The third kappa shape index (κ3) is 3.24. The van der Waals surface area contributed by atoms with Crippen molar-refractivity contribution in [2.24, 2.45) is 0 Å². The summed E-state index contributed by atoms with van der Waals surface area (Å²) in [7, 11) is 0. The van der Waals surface area contributed by atoms with E-state index in [4.69, 9.17) is 23.2 Å². The number of hydrogen-bond donors (Lipinski definition) is 0. The number of aromatic nitrogens is 3. The number of piperidine rings is 1. The first-order valence-corrected chi connectivity index (χ1v) is 7.51. The van der Waals surface area contributed by atoms with E-state index in [-0.39, 0.29) is 10.3 Å². The van der Waals surface area contributed by atoms with Gasteiger partial charge in [0.2, 0.25) is 11.2 Å². The number of hydrogen-bond acceptors (Lipinski definition) is 4. The van der Waals surface area contributed by atoms with Gasteiger partial charge in [-0.2, -0.15) is 15.0 Å². The van der Waals surface area contributed by atoms with E-state index in [0.29, 0.717) is 17.3 Å². The molecule has 110 valence electrons. The largest absolute Gasteiger partial charge is 0.341 e. The van der Waals surface area contributed by atoms with Crippen molar-refractivity contribution >= 4 is 29.2 Å². The zero-order valence-electron chi connectivity index (χ0n) is 11.2. The summed E-state index contributed by atoms with van der Waals surface area (Å²) in [6.45, 7) is 1.81. The molecule has 0 unspecified atom stereocenters. The lowest BCUT2D eigenvalue weighted by atomic mass is 10.1. The fraction of sp³-hybridized carbons (Fsp3) is 0.357. The van der Waals surface area contributed by atoms with Crippen molar-refractivity contribution in [1.82, 2.24) is 15.0 Å². The average molecular weight is 327 g/mol. The van der Waals surface area contributed by atoms with Crippen molar-refractivity contribution in [1.29, 1.82) is 0 Å². The Morgan fingerprint density at radius 3 is 2.48 bits per heavy atom. The molecule has 1 aliphatic rings. The van der Waals surface area contributed by atoms with Crippen molar-refractivity contribution < 1.29 is 4.39 Å². The van der Waals surface area contributed by atoms with Crippen LogP contribution in [-0.4, -0.2) is 28.0 Å². The van der Waals surface area contributed by atoms with E-state index in [2.05, 4.69) is 19.9 Å². The molecule has 1 aromatic carbocycles. The van der Waals surface area contributed by atoms with E-state index >= 15 is 0 Å². The monoisotopic (exact) mass is 326 g/mol. The molecule has 0 radical (unpaired) electrons. The summed E-state index contributed by atoms with van der Waals surface area (Å²) >= 11 is 11.8. The topological polar surface area (TPSA) is 41.9 Å². The van der Waals surface area contributed by atoms with Crippen LogP contribution in [0, 0.1) is 5.82 Å². The summed E-state index contributed by atoms with van der Waals surface area (Å²) in [5, 5.41) is 0.157. The van der Waals surface area contributed by atoms with Crippen LogP contribution in [0.3, 0.4) is 0 Å². The van der Waals surface area contributed by atoms with Crippen LogP contribution in [0.2, 0.25) is 10.3 Å². The molecule has 0 N–H and O–H groups in total. The van der Waals surface area contributed by atoms with Crippen molar-refractivity contribution in [3.63, 3.8) is 0 Å². The van der Waals surface area contributed by atoms with Gasteiger partial charge in [-0.1, -0.05) is 11.6 Å². The second kappa shape index (κ2) is 6.12. The molecular weight excluding hydrogens is 314 g/mol. The summed E-state index contributed by atoms with van der Waals surface area (Å²) in [4.78, 5) is 14.8. The van der Waals surface area contributed by atoms with E-state index in [9.17, 15) is 4.39 Å². The van der Waals surface area contributed by atoms with Crippen molar-refractivity contribution in [2.75, 3.05) is 18.0 Å². The Labute approximate surface area is 131 Å². The number of rotatable bonds is 2. The van der Waals surface area contributed by atoms with Crippen LogP contribution in [-0.2, 0) is 0 Å². The van der Waals surface area contributed by atoms with Gasteiger partial charge in [-0.3, -0.25) is 0 Å². The van der Waals surface area contributed by atoms with Gasteiger partial charge < -0.3 is 4.90 Å². The molecule has 0 aliphatic carbocycles. The van der Waals surface area contributed by atoms with Gasteiger partial charge in [0.05, 0.1) is 5.02 Å². The Bertz CT molecular complexity index is 659. The highest BCUT2D eigenvalue weighted by molar-refractivity contribution is 6.31. The van der Waals surface area contributed by atoms with E-state index in [1.54, 1.807) is 6.07 Å². The molecule has 1 aliphatic heterocycles. The van der Waals surface area contributed by atoms with Crippen LogP contribution in [0.1, 0.15) is 19.3 Å². The molecule has 2 heterocycles. The maximum Gasteiger partial charge on any atom is 0.230 e. The van der Waals surface area contributed by atoms with E-state index in [1.807, 2.05) is 0 Å². The predicted octanol–water partition coefficient (Wildman–Crippen LogP) is 3.97. The normalized spacial score (nSPS) is 15.3. The van der Waals surface area contributed by atoms with Gasteiger partial charge in [-0.05, 0) is 49.1 Å². The molecule has 0 bridgehead atoms. The van der Waals surface area contributed by atoms with Gasteiger partial charge in [-0.25, -0.2) is 4.39 Å². The molecule has 4 nitrogen and oxygen atoms in total. The van der Waals surface area contributed by atoms with Crippen LogP contribution < -0.4 is 4.90 Å². The predicted molar refractivity (Wildman–Crippen MR) is 81.3 cm³/mol. The van der Waals surface area contributed by atoms with E-state index in [0.717, 1.165) is 25.9 Å². The van der Waals surface area contributed by atoms with E-state index < -0.39 is 5.82 Å². The number of nitrogens with zero attached hydrogens (tertiary/aromatic N) is 4. The van der Waals surface area contributed by atoms with Crippen LogP contribution in [0.25, 0.3) is 11.4 Å². The summed E-state index contributed by atoms with van der Waals surface area (Å²) in [5.41, 5.74) is 0.615. The molecule has 21 heavy (non-hydrogen) atoms. The number of halogens is 3. The lowest BCUT2D eigenvalue weighted by Gasteiger charge is -2.26. The van der Waals surface area contributed by atoms with Gasteiger partial charge in [0.1, 0.15) is 5.82 Å². The molecule has 0 atom stereocenters. The van der Waals surface area contributed by atoms with E-state index in [1.165, 1.54) is 18.6 Å². The zero-order valence-corrected chi connectivity index (χ0v) is 12.7. The Kier molecular flexibility index (Phi) is 4.22. The molecule has 3 rings (SSSR count). The molecule has 2 aromatic rings. The molecule has 1 fully saturated rings. The van der Waals surface area contributed by atoms with Crippen LogP contribution in [0.5, 0.6) is 0 Å². The minimum absolute atomic E-state index is 0.0311. The Hall–Kier alpha value is -1.46. The Balaban J connectivity index is 1.98. The number of anilines is 1. The summed E-state index contributed by atoms with van der Waals surface area (Å²) < 4.78 is 13.2. The quantitative estimate of drug-likeness (QED) is 0.837. The molecule has 1 saturated heterocycles. The summed E-state index contributed by atoms with van der Waals surface area (Å²) in [6.07, 6.45) is 3.44. The SMILES string of the molecule is Fc1ccc(-c2nc(Cl)nc(N3CCCCC3)n2)cc1Cl. The fourth-order valence-electron chi connectivity index (χ4n) is 2.34. The van der Waals surface area contributed by atoms with Crippen molar-refractivity contribution in [3.8, 4) is 11.4 Å². The fourth-order valence-corrected chi connectivity index (χ4v) is 2.68. The minimum atomic E-state index is -0.475. The highest BCUT2D eigenvalue weighted by Crippen LogP contribution is 2.25. The lowest BCUT2D eigenvalue weighted by molar-refractivity contribution is 0.567. The van der Waals surface area contributed by atoms with Gasteiger partial charge >= 0.3 is 0 Å². The first-order chi connectivity index (χ1) is 10.1. The lowest BCUT2D eigenvalue weighted by Crippen LogP contribution is -2.31. The summed E-state index contributed by atoms with van der Waals surface area (Å²) in [5.74, 6) is 0.486. The first kappa shape index (κ1) is 14.5. The van der Waals surface area contributed by atoms with Crippen molar-refractivity contribution in [3.05, 3.63) is 34.3 Å². The van der Waals surface area contributed by atoms with Crippen LogP contribution in [0.4, 0.5) is 10.3 Å². The highest BCUT2D eigenvalue weighted by atomic mass is 35.5. The zero-order chi connectivity index (χ0) is 14.8. The Morgan fingerprint density at radius 1 is 1.00 bits per heavy atom. The second-order valence-electron chi connectivity index (χ2n) is 4.90. The first-order valence-electron chi connectivity index (χ1n) is 6.75. The molecule has 0 spiro atoms. The average Bonchev–Trinajstić information content (AvgIpc) is 2.50. The maximum absolute atomic E-state index is 13.2. The second-order valence-corrected chi connectivity index (χ2v) is 5.65. The van der Waals surface area contributed by atoms with Crippen molar-refractivity contribution in [2.45, 2.75) is 19.3 Å². The third-order valence-corrected chi connectivity index (χ3v) is 3.87. The minimum Gasteiger partial charge on any atom is -0.341 e. The number of benzene rings is 1. The van der Waals surface area contributed by atoms with Gasteiger partial charge in [-0.15, -0.1) is 0 Å². The van der Waals surface area contributed by atoms with Gasteiger partial charge in [0.15, 0.2) is 5.82 Å². The van der Waals surface area contributed by atoms with Gasteiger partial charge in [0.25, 0.3) is 0 Å². The van der Waals surface area contributed by atoms with Crippen LogP contribution in [0.15, 0.2) is 18.2 Å². The van der Waals surface area contributed by atoms with Crippen LogP contribution >= 0.6 is 23.2 Å². The smallest absolute Gasteiger partial charge is 0.230 e. The molecule has 1 aromatic heterocycles. The molecule has 7 heteroatoms. The molecular formula is C14H13Cl2FN4. The highest BCUT2D eigenvalue weighted by Gasteiger charge is 2.16. The summed E-state index contributed by atoms with van der Waals surface area (Å²) in [6, 6.07) is 4.35. The van der Waals surface area contributed by atoms with Gasteiger partial charge in [0, 0.05) is 18.7 Å².